The number of aliphatic hydroxyl groups excluding tert-OH is 1. The van der Waals surface area contributed by atoms with Gasteiger partial charge in [0.05, 0.1) is 11.7 Å². The summed E-state index contributed by atoms with van der Waals surface area (Å²) in [4.78, 5) is 0.442. The second-order valence-electron chi connectivity index (χ2n) is 6.84. The molecule has 2 nitrogen and oxygen atoms in total. The van der Waals surface area contributed by atoms with Gasteiger partial charge in [-0.15, -0.1) is 0 Å². The highest BCUT2D eigenvalue weighted by atomic mass is 79.9. The molecule has 18 heavy (non-hydrogen) atoms. The number of aliphatic hydroxyl groups is 2. The topological polar surface area (TPSA) is 40.5 Å². The van der Waals surface area contributed by atoms with Gasteiger partial charge in [-0.25, -0.2) is 0 Å². The Morgan fingerprint density at radius 3 is 2.50 bits per heavy atom. The van der Waals surface area contributed by atoms with Crippen LogP contribution in [-0.4, -0.2) is 26.7 Å². The number of hydrogen-bond donors (Lipinski definition) is 2. The van der Waals surface area contributed by atoms with Crippen molar-refractivity contribution in [3.8, 4) is 0 Å². The molecule has 3 heteroatoms. The SMILES string of the molecule is C=C(C)[C@H](O)[C@@H]1CC[C@]2(C)[C@@H](Br)CC[C@@](C)(O)[C@@H]12. The van der Waals surface area contributed by atoms with Gasteiger partial charge in [0.25, 0.3) is 0 Å². The summed E-state index contributed by atoms with van der Waals surface area (Å²) in [6, 6.07) is 0. The molecule has 2 aliphatic carbocycles. The van der Waals surface area contributed by atoms with Crippen molar-refractivity contribution >= 4 is 15.9 Å². The predicted molar refractivity (Wildman–Crippen MR) is 77.7 cm³/mol. The standard InChI is InChI=1S/C15H25BrO2/c1-9(2)12(17)10-5-7-14(3)11(16)6-8-15(4,18)13(10)14/h10-13,17-18H,1,5-8H2,2-4H3/t10-,11-,12-,13-,14+,15+/m0/s1. The minimum atomic E-state index is -0.670. The van der Waals surface area contributed by atoms with E-state index in [1.54, 1.807) is 0 Å². The van der Waals surface area contributed by atoms with Crippen molar-refractivity contribution in [2.45, 2.75) is 63.0 Å². The quantitative estimate of drug-likeness (QED) is 0.606. The van der Waals surface area contributed by atoms with Crippen LogP contribution >= 0.6 is 15.9 Å². The summed E-state index contributed by atoms with van der Waals surface area (Å²) in [7, 11) is 0. The van der Waals surface area contributed by atoms with E-state index in [0.717, 1.165) is 31.3 Å². The molecule has 104 valence electrons. The molecule has 0 saturated heterocycles. The Bertz CT molecular complexity index is 352. The molecule has 2 aliphatic rings. The highest BCUT2D eigenvalue weighted by molar-refractivity contribution is 9.09. The largest absolute Gasteiger partial charge is 0.390 e. The highest BCUT2D eigenvalue weighted by Gasteiger charge is 2.59. The molecule has 2 rings (SSSR count). The summed E-state index contributed by atoms with van der Waals surface area (Å²) >= 11 is 3.80. The van der Waals surface area contributed by atoms with E-state index in [2.05, 4.69) is 29.4 Å². The van der Waals surface area contributed by atoms with Gasteiger partial charge in [-0.1, -0.05) is 35.0 Å². The van der Waals surface area contributed by atoms with E-state index >= 15 is 0 Å². The van der Waals surface area contributed by atoms with Crippen LogP contribution in [0.3, 0.4) is 0 Å². The fourth-order valence-electron chi connectivity index (χ4n) is 4.42. The van der Waals surface area contributed by atoms with Crippen LogP contribution in [-0.2, 0) is 0 Å². The first-order chi connectivity index (χ1) is 8.20. The highest BCUT2D eigenvalue weighted by Crippen LogP contribution is 2.61. The summed E-state index contributed by atoms with van der Waals surface area (Å²) in [6.45, 7) is 9.96. The van der Waals surface area contributed by atoms with E-state index in [0.29, 0.717) is 4.83 Å². The van der Waals surface area contributed by atoms with Crippen molar-refractivity contribution in [2.75, 3.05) is 0 Å². The van der Waals surface area contributed by atoms with E-state index in [-0.39, 0.29) is 17.3 Å². The fraction of sp³-hybridized carbons (Fsp3) is 0.867. The van der Waals surface area contributed by atoms with E-state index in [9.17, 15) is 10.2 Å². The lowest BCUT2D eigenvalue weighted by Crippen LogP contribution is -2.54. The molecule has 0 aromatic heterocycles. The van der Waals surface area contributed by atoms with Gasteiger partial charge < -0.3 is 10.2 Å². The Morgan fingerprint density at radius 1 is 1.33 bits per heavy atom. The van der Waals surface area contributed by atoms with Gasteiger partial charge in [0.15, 0.2) is 0 Å². The van der Waals surface area contributed by atoms with Crippen LogP contribution in [0.5, 0.6) is 0 Å². The fourth-order valence-corrected chi connectivity index (χ4v) is 5.16. The summed E-state index contributed by atoms with van der Waals surface area (Å²) in [6.07, 6.45) is 3.38. The van der Waals surface area contributed by atoms with Gasteiger partial charge in [0, 0.05) is 4.83 Å². The van der Waals surface area contributed by atoms with Crippen molar-refractivity contribution in [3.05, 3.63) is 12.2 Å². The Morgan fingerprint density at radius 2 is 1.94 bits per heavy atom. The van der Waals surface area contributed by atoms with Gasteiger partial charge in [-0.05, 0) is 56.8 Å². The van der Waals surface area contributed by atoms with Crippen LogP contribution < -0.4 is 0 Å². The van der Waals surface area contributed by atoms with Crippen molar-refractivity contribution < 1.29 is 10.2 Å². The van der Waals surface area contributed by atoms with Gasteiger partial charge in [-0.2, -0.15) is 0 Å². The normalized spacial score (nSPS) is 49.8. The van der Waals surface area contributed by atoms with Crippen LogP contribution in [0.4, 0.5) is 0 Å². The van der Waals surface area contributed by atoms with Crippen molar-refractivity contribution in [1.82, 2.24) is 0 Å². The number of alkyl halides is 1. The predicted octanol–water partition coefficient (Wildman–Crippen LogP) is 3.26. The molecule has 0 spiro atoms. The minimum absolute atomic E-state index is 0.0862. The smallest absolute Gasteiger partial charge is 0.0776 e. The third-order valence-corrected chi connectivity index (χ3v) is 6.86. The zero-order chi connectivity index (χ0) is 13.7. The number of halogens is 1. The molecule has 2 fully saturated rings. The van der Waals surface area contributed by atoms with Gasteiger partial charge in [-0.3, -0.25) is 0 Å². The molecule has 0 aromatic carbocycles. The van der Waals surface area contributed by atoms with Gasteiger partial charge >= 0.3 is 0 Å². The lowest BCUT2D eigenvalue weighted by molar-refractivity contribution is -0.106. The number of fused-ring (bicyclic) bond motifs is 1. The van der Waals surface area contributed by atoms with Crippen molar-refractivity contribution in [2.24, 2.45) is 17.3 Å². The summed E-state index contributed by atoms with van der Waals surface area (Å²) in [5.74, 6) is 0.290. The Labute approximate surface area is 119 Å². The minimum Gasteiger partial charge on any atom is -0.390 e. The second kappa shape index (κ2) is 4.60. The summed E-state index contributed by atoms with van der Waals surface area (Å²) < 4.78 is 0. The Hall–Kier alpha value is 0.140. The van der Waals surface area contributed by atoms with Crippen LogP contribution in [0.15, 0.2) is 12.2 Å². The first kappa shape index (κ1) is 14.5. The number of hydrogen-bond acceptors (Lipinski definition) is 2. The zero-order valence-corrected chi connectivity index (χ0v) is 13.2. The lowest BCUT2D eigenvalue weighted by atomic mass is 9.59. The molecule has 0 amide bonds. The molecule has 2 saturated carbocycles. The first-order valence-corrected chi connectivity index (χ1v) is 7.81. The van der Waals surface area contributed by atoms with Gasteiger partial charge in [0.2, 0.25) is 0 Å². The molecule has 2 N–H and O–H groups in total. The van der Waals surface area contributed by atoms with Crippen LogP contribution in [0.1, 0.15) is 46.5 Å². The summed E-state index contributed by atoms with van der Waals surface area (Å²) in [5.41, 5.74) is 0.233. The average Bonchev–Trinajstić information content (AvgIpc) is 2.64. The van der Waals surface area contributed by atoms with E-state index in [4.69, 9.17) is 0 Å². The maximum Gasteiger partial charge on any atom is 0.0776 e. The number of rotatable bonds is 2. The third-order valence-electron chi connectivity index (χ3n) is 5.35. The van der Waals surface area contributed by atoms with E-state index < -0.39 is 11.7 Å². The molecular weight excluding hydrogens is 292 g/mol. The Kier molecular flexibility index (Phi) is 3.72. The van der Waals surface area contributed by atoms with Crippen molar-refractivity contribution in [1.29, 1.82) is 0 Å². The van der Waals surface area contributed by atoms with Gasteiger partial charge in [0.1, 0.15) is 0 Å². The maximum atomic E-state index is 10.8. The molecule has 0 radical (unpaired) electrons. The molecule has 0 heterocycles. The lowest BCUT2D eigenvalue weighted by Gasteiger charge is -2.51. The van der Waals surface area contributed by atoms with Crippen LogP contribution in [0.2, 0.25) is 0 Å². The molecule has 0 aromatic rings. The molecule has 0 bridgehead atoms. The van der Waals surface area contributed by atoms with Crippen LogP contribution in [0, 0.1) is 17.3 Å². The third kappa shape index (κ3) is 2.08. The zero-order valence-electron chi connectivity index (χ0n) is 11.6. The average molecular weight is 317 g/mol. The monoisotopic (exact) mass is 316 g/mol. The summed E-state index contributed by atoms with van der Waals surface area (Å²) in [5, 5.41) is 21.1. The molecular formula is C15H25BrO2. The molecule has 0 unspecified atom stereocenters. The molecule has 6 atom stereocenters. The second-order valence-corrected chi connectivity index (χ2v) is 7.95. The Balaban J connectivity index is 2.35. The van der Waals surface area contributed by atoms with Crippen LogP contribution in [0.25, 0.3) is 0 Å². The van der Waals surface area contributed by atoms with Crippen molar-refractivity contribution in [3.63, 3.8) is 0 Å². The molecule has 0 aliphatic heterocycles. The first-order valence-electron chi connectivity index (χ1n) is 6.90. The van der Waals surface area contributed by atoms with E-state index in [1.807, 2.05) is 13.8 Å². The maximum absolute atomic E-state index is 10.8. The van der Waals surface area contributed by atoms with E-state index in [1.165, 1.54) is 0 Å².